The van der Waals surface area contributed by atoms with Gasteiger partial charge in [0.25, 0.3) is 0 Å². The lowest BCUT2D eigenvalue weighted by molar-refractivity contribution is 0.351. The van der Waals surface area contributed by atoms with Gasteiger partial charge in [0.1, 0.15) is 5.82 Å². The molecule has 0 aliphatic carbocycles. The molecule has 0 amide bonds. The topological polar surface area (TPSA) is 18.5 Å². The standard InChI is InChI=1S/C16H16ClFO2/c1-19-15-9-5-7-12(16(15)20-2)13(17)10-11-6-3-4-8-14(11)18/h3-9,13H,10H2,1-2H3. The van der Waals surface area contributed by atoms with Crippen LogP contribution in [-0.4, -0.2) is 14.2 Å². The third-order valence-electron chi connectivity index (χ3n) is 3.13. The highest BCUT2D eigenvalue weighted by molar-refractivity contribution is 6.21. The molecule has 0 spiro atoms. The monoisotopic (exact) mass is 294 g/mol. The van der Waals surface area contributed by atoms with Gasteiger partial charge in [-0.3, -0.25) is 0 Å². The van der Waals surface area contributed by atoms with Gasteiger partial charge in [-0.25, -0.2) is 4.39 Å². The second-order valence-corrected chi connectivity index (χ2v) is 4.87. The summed E-state index contributed by atoms with van der Waals surface area (Å²) in [4.78, 5) is 0. The number of ether oxygens (including phenoxy) is 2. The number of para-hydroxylation sites is 1. The molecule has 0 aromatic heterocycles. The maximum atomic E-state index is 13.7. The average molecular weight is 295 g/mol. The van der Waals surface area contributed by atoms with Crippen LogP contribution in [0, 0.1) is 5.82 Å². The summed E-state index contributed by atoms with van der Waals surface area (Å²) >= 11 is 6.42. The number of halogens is 2. The first kappa shape index (κ1) is 14.7. The van der Waals surface area contributed by atoms with E-state index in [2.05, 4.69) is 0 Å². The van der Waals surface area contributed by atoms with Crippen LogP contribution in [-0.2, 0) is 6.42 Å². The Balaban J connectivity index is 2.30. The minimum atomic E-state index is -0.392. The second kappa shape index (κ2) is 6.62. The quantitative estimate of drug-likeness (QED) is 0.763. The third kappa shape index (κ3) is 3.05. The molecule has 0 aliphatic rings. The fourth-order valence-corrected chi connectivity index (χ4v) is 2.46. The van der Waals surface area contributed by atoms with E-state index in [4.69, 9.17) is 21.1 Å². The number of rotatable bonds is 5. The maximum absolute atomic E-state index is 13.7. The summed E-state index contributed by atoms with van der Waals surface area (Å²) in [5.41, 5.74) is 1.37. The Labute approximate surface area is 123 Å². The highest BCUT2D eigenvalue weighted by atomic mass is 35.5. The maximum Gasteiger partial charge on any atom is 0.165 e. The normalized spacial score (nSPS) is 12.0. The van der Waals surface area contributed by atoms with Crippen LogP contribution in [0.2, 0.25) is 0 Å². The van der Waals surface area contributed by atoms with Crippen LogP contribution in [0.15, 0.2) is 42.5 Å². The summed E-state index contributed by atoms with van der Waals surface area (Å²) in [6, 6.07) is 12.1. The van der Waals surface area contributed by atoms with Gasteiger partial charge in [-0.1, -0.05) is 30.3 Å². The molecule has 106 valence electrons. The Morgan fingerprint density at radius 3 is 2.45 bits per heavy atom. The predicted molar refractivity (Wildman–Crippen MR) is 78.2 cm³/mol. The van der Waals surface area contributed by atoms with Crippen molar-refractivity contribution in [2.45, 2.75) is 11.8 Å². The Morgan fingerprint density at radius 2 is 1.80 bits per heavy atom. The minimum Gasteiger partial charge on any atom is -0.493 e. The zero-order chi connectivity index (χ0) is 14.5. The molecule has 2 aromatic rings. The predicted octanol–water partition coefficient (Wildman–Crippen LogP) is 4.37. The molecule has 1 atom stereocenters. The van der Waals surface area contributed by atoms with E-state index in [1.54, 1.807) is 38.5 Å². The summed E-state index contributed by atoms with van der Waals surface area (Å²) in [6.07, 6.45) is 0.387. The fourth-order valence-electron chi connectivity index (χ4n) is 2.13. The van der Waals surface area contributed by atoms with E-state index in [-0.39, 0.29) is 5.82 Å². The summed E-state index contributed by atoms with van der Waals surface area (Å²) in [5.74, 6) is 0.954. The molecular weight excluding hydrogens is 279 g/mol. The Morgan fingerprint density at radius 1 is 1.05 bits per heavy atom. The van der Waals surface area contributed by atoms with E-state index in [0.29, 0.717) is 23.5 Å². The van der Waals surface area contributed by atoms with Gasteiger partial charge in [0.2, 0.25) is 0 Å². The highest BCUT2D eigenvalue weighted by Gasteiger charge is 2.18. The molecule has 2 rings (SSSR count). The first-order valence-corrected chi connectivity index (χ1v) is 6.69. The number of alkyl halides is 1. The highest BCUT2D eigenvalue weighted by Crippen LogP contribution is 2.38. The number of hydrogen-bond acceptors (Lipinski definition) is 2. The molecule has 1 unspecified atom stereocenters. The van der Waals surface area contributed by atoms with Crippen LogP contribution < -0.4 is 9.47 Å². The summed E-state index contributed by atoms with van der Waals surface area (Å²) in [6.45, 7) is 0. The number of methoxy groups -OCH3 is 2. The minimum absolute atomic E-state index is 0.250. The van der Waals surface area contributed by atoms with E-state index in [9.17, 15) is 4.39 Å². The van der Waals surface area contributed by atoms with E-state index in [1.165, 1.54) is 6.07 Å². The molecule has 0 heterocycles. The van der Waals surface area contributed by atoms with Crippen LogP contribution in [0.3, 0.4) is 0 Å². The molecule has 0 aliphatic heterocycles. The van der Waals surface area contributed by atoms with Crippen LogP contribution in [0.5, 0.6) is 11.5 Å². The van der Waals surface area contributed by atoms with Gasteiger partial charge in [-0.05, 0) is 24.1 Å². The second-order valence-electron chi connectivity index (χ2n) is 4.35. The van der Waals surface area contributed by atoms with E-state index >= 15 is 0 Å². The van der Waals surface area contributed by atoms with Crippen LogP contribution in [0.1, 0.15) is 16.5 Å². The zero-order valence-corrected chi connectivity index (χ0v) is 12.2. The van der Waals surface area contributed by atoms with Gasteiger partial charge >= 0.3 is 0 Å². The SMILES string of the molecule is COc1cccc(C(Cl)Cc2ccccc2F)c1OC. The van der Waals surface area contributed by atoms with Gasteiger partial charge in [0.05, 0.1) is 19.6 Å². The van der Waals surface area contributed by atoms with E-state index in [0.717, 1.165) is 5.56 Å². The van der Waals surface area contributed by atoms with Gasteiger partial charge in [0, 0.05) is 5.56 Å². The van der Waals surface area contributed by atoms with Crippen molar-refractivity contribution in [3.63, 3.8) is 0 Å². The molecule has 2 nitrogen and oxygen atoms in total. The number of benzene rings is 2. The lowest BCUT2D eigenvalue weighted by atomic mass is 10.0. The zero-order valence-electron chi connectivity index (χ0n) is 11.4. The molecule has 2 aromatic carbocycles. The van der Waals surface area contributed by atoms with Crippen molar-refractivity contribution in [2.24, 2.45) is 0 Å². The molecule has 4 heteroatoms. The van der Waals surface area contributed by atoms with Crippen molar-refractivity contribution in [1.29, 1.82) is 0 Å². The van der Waals surface area contributed by atoms with Crippen LogP contribution in [0.4, 0.5) is 4.39 Å². The summed E-state index contributed by atoms with van der Waals surface area (Å²) < 4.78 is 24.3. The first-order valence-electron chi connectivity index (χ1n) is 6.25. The van der Waals surface area contributed by atoms with Crippen molar-refractivity contribution in [3.8, 4) is 11.5 Å². The largest absolute Gasteiger partial charge is 0.493 e. The Bertz CT molecular complexity index is 586. The number of hydrogen-bond donors (Lipinski definition) is 0. The van der Waals surface area contributed by atoms with Crippen LogP contribution in [0.25, 0.3) is 0 Å². The summed E-state index contributed by atoms with van der Waals surface area (Å²) in [5, 5.41) is -0.392. The molecule has 0 fully saturated rings. The smallest absolute Gasteiger partial charge is 0.165 e. The summed E-state index contributed by atoms with van der Waals surface area (Å²) in [7, 11) is 3.13. The van der Waals surface area contributed by atoms with Gasteiger partial charge in [-0.2, -0.15) is 0 Å². The molecule has 0 N–H and O–H groups in total. The van der Waals surface area contributed by atoms with Crippen molar-refractivity contribution in [1.82, 2.24) is 0 Å². The van der Waals surface area contributed by atoms with Crippen molar-refractivity contribution >= 4 is 11.6 Å². The molecule has 0 bridgehead atoms. The molecule has 0 radical (unpaired) electrons. The van der Waals surface area contributed by atoms with Crippen molar-refractivity contribution in [3.05, 3.63) is 59.4 Å². The lowest BCUT2D eigenvalue weighted by Gasteiger charge is -2.16. The van der Waals surface area contributed by atoms with Gasteiger partial charge in [0.15, 0.2) is 11.5 Å². The van der Waals surface area contributed by atoms with Gasteiger partial charge in [-0.15, -0.1) is 11.6 Å². The third-order valence-corrected chi connectivity index (χ3v) is 3.52. The lowest BCUT2D eigenvalue weighted by Crippen LogP contribution is -2.02. The van der Waals surface area contributed by atoms with Crippen molar-refractivity contribution < 1.29 is 13.9 Å². The molecule has 0 saturated carbocycles. The molecule has 0 saturated heterocycles. The Kier molecular flexibility index (Phi) is 4.85. The molecule has 20 heavy (non-hydrogen) atoms. The average Bonchev–Trinajstić information content (AvgIpc) is 2.48. The molecular formula is C16H16ClFO2. The van der Waals surface area contributed by atoms with E-state index in [1.807, 2.05) is 12.1 Å². The van der Waals surface area contributed by atoms with E-state index < -0.39 is 5.38 Å². The van der Waals surface area contributed by atoms with Gasteiger partial charge < -0.3 is 9.47 Å². The van der Waals surface area contributed by atoms with Crippen molar-refractivity contribution in [2.75, 3.05) is 14.2 Å². The Hall–Kier alpha value is -1.74. The fraction of sp³-hybridized carbons (Fsp3) is 0.250. The first-order chi connectivity index (χ1) is 9.67. The van der Waals surface area contributed by atoms with Crippen LogP contribution >= 0.6 is 11.6 Å².